The molecule has 2 aromatic heterocycles. The van der Waals surface area contributed by atoms with E-state index in [1.807, 2.05) is 18.2 Å². The number of nitrogens with zero attached hydrogens (tertiary/aromatic N) is 4. The summed E-state index contributed by atoms with van der Waals surface area (Å²) in [6.07, 6.45) is 6.35. The molecule has 0 N–H and O–H groups in total. The van der Waals surface area contributed by atoms with Crippen molar-refractivity contribution >= 4 is 0 Å². The van der Waals surface area contributed by atoms with E-state index in [0.717, 1.165) is 50.0 Å². The van der Waals surface area contributed by atoms with Crippen molar-refractivity contribution in [3.05, 3.63) is 60.0 Å². The van der Waals surface area contributed by atoms with E-state index >= 15 is 0 Å². The minimum atomic E-state index is -0.309. The Balaban J connectivity index is 1.29. The highest BCUT2D eigenvalue weighted by molar-refractivity contribution is 5.52. The molecule has 1 saturated heterocycles. The maximum absolute atomic E-state index is 13.9. The lowest BCUT2D eigenvalue weighted by Gasteiger charge is -2.31. The molecule has 1 aliphatic rings. The number of halogens is 1. The summed E-state index contributed by atoms with van der Waals surface area (Å²) in [4.78, 5) is 10.9. The minimum Gasteiger partial charge on any atom is -0.494 e. The SMILES string of the molecule is COc1ccc(CN2CCC(Cc3nc(-c4ccncc4)no3)CC2)cc1F. The quantitative estimate of drug-likeness (QED) is 0.647. The van der Waals surface area contributed by atoms with Crippen molar-refractivity contribution in [3.63, 3.8) is 0 Å². The van der Waals surface area contributed by atoms with Gasteiger partial charge in [-0.3, -0.25) is 9.88 Å². The number of hydrogen-bond acceptors (Lipinski definition) is 6. The molecule has 1 aliphatic heterocycles. The Hall–Kier alpha value is -2.80. The molecule has 3 aromatic rings. The normalized spacial score (nSPS) is 15.6. The second-order valence-electron chi connectivity index (χ2n) is 7.14. The lowest BCUT2D eigenvalue weighted by atomic mass is 9.93. The highest BCUT2D eigenvalue weighted by Crippen LogP contribution is 2.25. The molecule has 146 valence electrons. The number of rotatable bonds is 6. The van der Waals surface area contributed by atoms with Crippen LogP contribution in [0.3, 0.4) is 0 Å². The van der Waals surface area contributed by atoms with Crippen LogP contribution in [0.5, 0.6) is 5.75 Å². The summed E-state index contributed by atoms with van der Waals surface area (Å²) >= 11 is 0. The van der Waals surface area contributed by atoms with Crippen molar-refractivity contribution < 1.29 is 13.7 Å². The van der Waals surface area contributed by atoms with E-state index in [0.29, 0.717) is 17.6 Å². The third-order valence-electron chi connectivity index (χ3n) is 5.20. The summed E-state index contributed by atoms with van der Waals surface area (Å²) in [5, 5.41) is 4.08. The molecule has 0 amide bonds. The van der Waals surface area contributed by atoms with Crippen LogP contribution in [-0.2, 0) is 13.0 Å². The van der Waals surface area contributed by atoms with Gasteiger partial charge in [-0.1, -0.05) is 11.2 Å². The number of piperidine rings is 1. The largest absolute Gasteiger partial charge is 0.494 e. The van der Waals surface area contributed by atoms with Crippen LogP contribution >= 0.6 is 0 Å². The topological polar surface area (TPSA) is 64.3 Å². The van der Waals surface area contributed by atoms with Gasteiger partial charge in [0.25, 0.3) is 0 Å². The fourth-order valence-corrected chi connectivity index (χ4v) is 3.62. The standard InChI is InChI=1S/C21H23FN4O2/c1-27-19-3-2-16(12-18(19)22)14-26-10-6-15(7-11-26)13-20-24-21(25-28-20)17-4-8-23-9-5-17/h2-5,8-9,12,15H,6-7,10-11,13-14H2,1H3. The monoisotopic (exact) mass is 382 g/mol. The van der Waals surface area contributed by atoms with Gasteiger partial charge >= 0.3 is 0 Å². The van der Waals surface area contributed by atoms with E-state index in [-0.39, 0.29) is 11.6 Å². The fourth-order valence-electron chi connectivity index (χ4n) is 3.62. The molecule has 0 atom stereocenters. The Kier molecular flexibility index (Phi) is 5.62. The molecule has 28 heavy (non-hydrogen) atoms. The lowest BCUT2D eigenvalue weighted by molar-refractivity contribution is 0.170. The maximum Gasteiger partial charge on any atom is 0.227 e. The maximum atomic E-state index is 13.9. The zero-order chi connectivity index (χ0) is 19.3. The molecule has 1 aromatic carbocycles. The number of benzene rings is 1. The molecule has 0 saturated carbocycles. The van der Waals surface area contributed by atoms with E-state index in [2.05, 4.69) is 20.0 Å². The molecule has 7 heteroatoms. The average molecular weight is 382 g/mol. The molecule has 3 heterocycles. The van der Waals surface area contributed by atoms with Crippen molar-refractivity contribution in [3.8, 4) is 17.1 Å². The third kappa shape index (κ3) is 4.36. The number of pyridine rings is 1. The van der Waals surface area contributed by atoms with Crippen LogP contribution in [0, 0.1) is 11.7 Å². The molecule has 4 rings (SSSR count). The summed E-state index contributed by atoms with van der Waals surface area (Å²) in [6, 6.07) is 8.91. The first-order chi connectivity index (χ1) is 13.7. The molecule has 0 spiro atoms. The number of methoxy groups -OCH3 is 1. The van der Waals surface area contributed by atoms with Crippen molar-refractivity contribution in [2.24, 2.45) is 5.92 Å². The van der Waals surface area contributed by atoms with E-state index in [1.165, 1.54) is 7.11 Å². The van der Waals surface area contributed by atoms with Gasteiger partial charge in [-0.15, -0.1) is 0 Å². The number of likely N-dealkylation sites (tertiary alicyclic amines) is 1. The molecule has 0 bridgehead atoms. The zero-order valence-corrected chi connectivity index (χ0v) is 15.8. The predicted molar refractivity (Wildman–Crippen MR) is 102 cm³/mol. The van der Waals surface area contributed by atoms with Crippen LogP contribution in [0.1, 0.15) is 24.3 Å². The second kappa shape index (κ2) is 8.48. The fraction of sp³-hybridized carbons (Fsp3) is 0.381. The Morgan fingerprint density at radius 2 is 1.96 bits per heavy atom. The Bertz CT molecular complexity index is 908. The van der Waals surface area contributed by atoms with Gasteiger partial charge in [-0.2, -0.15) is 4.98 Å². The van der Waals surface area contributed by atoms with Crippen LogP contribution in [0.25, 0.3) is 11.4 Å². The minimum absolute atomic E-state index is 0.285. The van der Waals surface area contributed by atoms with E-state index in [9.17, 15) is 4.39 Å². The molecule has 6 nitrogen and oxygen atoms in total. The lowest BCUT2D eigenvalue weighted by Crippen LogP contribution is -2.33. The first-order valence-corrected chi connectivity index (χ1v) is 9.49. The van der Waals surface area contributed by atoms with Crippen LogP contribution in [0.2, 0.25) is 0 Å². The van der Waals surface area contributed by atoms with Gasteiger partial charge in [0, 0.05) is 30.9 Å². The van der Waals surface area contributed by atoms with Gasteiger partial charge in [0.2, 0.25) is 11.7 Å². The summed E-state index contributed by atoms with van der Waals surface area (Å²) in [7, 11) is 1.48. The van der Waals surface area contributed by atoms with Gasteiger partial charge in [0.05, 0.1) is 7.11 Å². The van der Waals surface area contributed by atoms with Crippen LogP contribution < -0.4 is 4.74 Å². The van der Waals surface area contributed by atoms with Crippen LogP contribution in [0.15, 0.2) is 47.2 Å². The van der Waals surface area contributed by atoms with E-state index < -0.39 is 0 Å². The van der Waals surface area contributed by atoms with Crippen molar-refractivity contribution in [1.82, 2.24) is 20.0 Å². The van der Waals surface area contributed by atoms with E-state index in [4.69, 9.17) is 9.26 Å². The molecule has 0 radical (unpaired) electrons. The van der Waals surface area contributed by atoms with Crippen LogP contribution in [-0.4, -0.2) is 40.2 Å². The van der Waals surface area contributed by atoms with Gasteiger partial charge in [0.15, 0.2) is 11.6 Å². The first-order valence-electron chi connectivity index (χ1n) is 9.49. The molecule has 0 unspecified atom stereocenters. The highest BCUT2D eigenvalue weighted by atomic mass is 19.1. The predicted octanol–water partition coefficient (Wildman–Crippen LogP) is 3.73. The van der Waals surface area contributed by atoms with Crippen molar-refractivity contribution in [2.75, 3.05) is 20.2 Å². The van der Waals surface area contributed by atoms with Gasteiger partial charge in [-0.05, 0) is 61.7 Å². The molecular weight excluding hydrogens is 359 g/mol. The van der Waals surface area contributed by atoms with Gasteiger partial charge < -0.3 is 9.26 Å². The summed E-state index contributed by atoms with van der Waals surface area (Å²) < 4.78 is 24.3. The van der Waals surface area contributed by atoms with Crippen molar-refractivity contribution in [1.29, 1.82) is 0 Å². The number of aromatic nitrogens is 3. The van der Waals surface area contributed by atoms with E-state index in [1.54, 1.807) is 24.5 Å². The summed E-state index contributed by atoms with van der Waals surface area (Å²) in [5.41, 5.74) is 1.88. The van der Waals surface area contributed by atoms with Gasteiger partial charge in [0.1, 0.15) is 0 Å². The Morgan fingerprint density at radius 3 is 2.68 bits per heavy atom. The second-order valence-corrected chi connectivity index (χ2v) is 7.14. The first kappa shape index (κ1) is 18.6. The summed E-state index contributed by atoms with van der Waals surface area (Å²) in [6.45, 7) is 2.70. The zero-order valence-electron chi connectivity index (χ0n) is 15.8. The Morgan fingerprint density at radius 1 is 1.18 bits per heavy atom. The smallest absolute Gasteiger partial charge is 0.227 e. The number of ether oxygens (including phenoxy) is 1. The number of hydrogen-bond donors (Lipinski definition) is 0. The highest BCUT2D eigenvalue weighted by Gasteiger charge is 2.22. The third-order valence-corrected chi connectivity index (χ3v) is 5.20. The molecule has 1 fully saturated rings. The van der Waals surface area contributed by atoms with Crippen molar-refractivity contribution in [2.45, 2.75) is 25.8 Å². The van der Waals surface area contributed by atoms with Gasteiger partial charge in [-0.25, -0.2) is 4.39 Å². The van der Waals surface area contributed by atoms with Crippen LogP contribution in [0.4, 0.5) is 4.39 Å². The Labute approximate surface area is 163 Å². The molecular formula is C21H23FN4O2. The average Bonchev–Trinajstić information content (AvgIpc) is 3.19. The molecule has 0 aliphatic carbocycles. The summed E-state index contributed by atoms with van der Waals surface area (Å²) in [5.74, 6) is 1.79.